The van der Waals surface area contributed by atoms with Crippen molar-refractivity contribution >= 4 is 21.9 Å². The summed E-state index contributed by atoms with van der Waals surface area (Å²) in [6.07, 6.45) is 1.72. The zero-order chi connectivity index (χ0) is 32.3. The molecule has 3 aromatic carbocycles. The number of hydrogen-bond acceptors (Lipinski definition) is 4. The molecule has 6 heteroatoms. The minimum absolute atomic E-state index is 0. The summed E-state index contributed by atoms with van der Waals surface area (Å²) < 4.78 is 8.34. The molecular formula is C40H42N3O2Pt-. The Kier molecular flexibility index (Phi) is 8.72. The quantitative estimate of drug-likeness (QED) is 0.181. The molecule has 0 fully saturated rings. The molecule has 3 aromatic heterocycles. The van der Waals surface area contributed by atoms with Gasteiger partial charge in [-0.2, -0.15) is 0 Å². The molecule has 0 bridgehead atoms. The van der Waals surface area contributed by atoms with Crippen LogP contribution in [0.25, 0.3) is 38.9 Å². The SMILES string of the molecule is CC(C)(C)c1cc(Oc2ccccn2)[c-]c(-c2nc3c(cc2C(C)(C)C)c2cc(C(C)(C)C)ccc2n3-c2ccccc2O)c1.[Pt]. The van der Waals surface area contributed by atoms with Gasteiger partial charge < -0.3 is 9.84 Å². The second kappa shape index (κ2) is 12.0. The number of phenols is 1. The van der Waals surface area contributed by atoms with Crippen molar-refractivity contribution in [2.75, 3.05) is 0 Å². The number of fused-ring (bicyclic) bond motifs is 3. The van der Waals surface area contributed by atoms with Crippen LogP contribution in [0.15, 0.2) is 85.1 Å². The maximum atomic E-state index is 11.1. The van der Waals surface area contributed by atoms with Gasteiger partial charge in [0, 0.05) is 49.9 Å². The number of pyridine rings is 2. The normalized spacial score (nSPS) is 12.4. The molecule has 0 saturated carbocycles. The van der Waals surface area contributed by atoms with E-state index in [1.165, 1.54) is 5.56 Å². The maximum Gasteiger partial charge on any atom is 0.217 e. The Bertz CT molecular complexity index is 2040. The second-order valence-electron chi connectivity index (χ2n) is 15.0. The first kappa shape index (κ1) is 33.4. The number of hydrogen-bond donors (Lipinski definition) is 1. The molecule has 6 rings (SSSR count). The Morgan fingerprint density at radius 3 is 2.04 bits per heavy atom. The summed E-state index contributed by atoms with van der Waals surface area (Å²) in [5.74, 6) is 1.31. The summed E-state index contributed by atoms with van der Waals surface area (Å²) in [5.41, 5.74) is 7.22. The first-order chi connectivity index (χ1) is 21.1. The molecule has 0 radical (unpaired) electrons. The largest absolute Gasteiger partial charge is 0.506 e. The Balaban J connectivity index is 0.00000417. The number of benzene rings is 3. The predicted molar refractivity (Wildman–Crippen MR) is 185 cm³/mol. The molecule has 0 atom stereocenters. The fourth-order valence-electron chi connectivity index (χ4n) is 5.75. The van der Waals surface area contributed by atoms with E-state index in [0.29, 0.717) is 17.3 Å². The zero-order valence-electron chi connectivity index (χ0n) is 28.1. The smallest absolute Gasteiger partial charge is 0.217 e. The fraction of sp³-hybridized carbons (Fsp3) is 0.300. The van der Waals surface area contributed by atoms with Crippen LogP contribution in [0.1, 0.15) is 79.0 Å². The van der Waals surface area contributed by atoms with Crippen LogP contribution in [-0.4, -0.2) is 19.6 Å². The monoisotopic (exact) mass is 791 g/mol. The molecule has 46 heavy (non-hydrogen) atoms. The zero-order valence-corrected chi connectivity index (χ0v) is 30.4. The number of aromatic hydroxyl groups is 1. The van der Waals surface area contributed by atoms with Crippen molar-refractivity contribution in [1.29, 1.82) is 0 Å². The third-order valence-corrected chi connectivity index (χ3v) is 8.36. The van der Waals surface area contributed by atoms with Gasteiger partial charge in [-0.05, 0) is 57.8 Å². The third kappa shape index (κ3) is 6.35. The van der Waals surface area contributed by atoms with Crippen molar-refractivity contribution in [1.82, 2.24) is 14.5 Å². The number of ether oxygens (including phenoxy) is 1. The molecule has 1 N–H and O–H groups in total. The molecule has 240 valence electrons. The Hall–Kier alpha value is -3.95. The maximum absolute atomic E-state index is 11.1. The number of phenolic OH excluding ortho intramolecular Hbond substituents is 1. The Morgan fingerprint density at radius 1 is 0.717 bits per heavy atom. The van der Waals surface area contributed by atoms with Crippen LogP contribution >= 0.6 is 0 Å². The summed E-state index contributed by atoms with van der Waals surface area (Å²) in [4.78, 5) is 9.86. The summed E-state index contributed by atoms with van der Waals surface area (Å²) in [6, 6.07) is 29.8. The molecule has 0 saturated heterocycles. The Morgan fingerprint density at radius 2 is 1.41 bits per heavy atom. The van der Waals surface area contributed by atoms with E-state index in [1.807, 2.05) is 42.5 Å². The molecule has 0 aliphatic heterocycles. The molecule has 0 amide bonds. The van der Waals surface area contributed by atoms with Gasteiger partial charge in [-0.3, -0.25) is 9.55 Å². The summed E-state index contributed by atoms with van der Waals surface area (Å²) in [7, 11) is 0. The number of para-hydroxylation sites is 2. The van der Waals surface area contributed by atoms with Crippen molar-refractivity contribution in [2.45, 2.75) is 78.6 Å². The Labute approximate surface area is 286 Å². The first-order valence-corrected chi connectivity index (χ1v) is 15.6. The number of aromatic nitrogens is 3. The van der Waals surface area contributed by atoms with Gasteiger partial charge >= 0.3 is 0 Å². The summed E-state index contributed by atoms with van der Waals surface area (Å²) in [5, 5.41) is 13.2. The predicted octanol–water partition coefficient (Wildman–Crippen LogP) is 10.4. The summed E-state index contributed by atoms with van der Waals surface area (Å²) >= 11 is 0. The van der Waals surface area contributed by atoms with Crippen LogP contribution in [0.3, 0.4) is 0 Å². The molecular weight excluding hydrogens is 750 g/mol. The van der Waals surface area contributed by atoms with Crippen LogP contribution in [0.2, 0.25) is 0 Å². The van der Waals surface area contributed by atoms with Crippen LogP contribution in [-0.2, 0) is 37.3 Å². The van der Waals surface area contributed by atoms with E-state index < -0.39 is 0 Å². The van der Waals surface area contributed by atoms with Crippen molar-refractivity contribution in [3.63, 3.8) is 0 Å². The van der Waals surface area contributed by atoms with Crippen molar-refractivity contribution in [3.8, 4) is 34.3 Å². The molecule has 0 aliphatic rings. The average Bonchev–Trinajstić information content (AvgIpc) is 3.28. The molecule has 3 heterocycles. The standard InChI is InChI=1S/C40H42N3O2.Pt/c1-38(2,3)26-17-18-32-29(23-26)30-24-31(40(7,8)9)36(42-37(30)43(32)33-14-10-11-15-34(33)44)25-20-27(39(4,5)6)22-28(21-25)45-35-16-12-13-19-41-35;/h10-20,22-24,44H,1-9H3;/q-1;. The molecule has 0 aliphatic carbocycles. The first-order valence-electron chi connectivity index (χ1n) is 15.6. The summed E-state index contributed by atoms with van der Waals surface area (Å²) in [6.45, 7) is 20.0. The number of nitrogens with zero attached hydrogens (tertiary/aromatic N) is 3. The molecule has 0 spiro atoms. The van der Waals surface area contributed by atoms with Gasteiger partial charge in [0.25, 0.3) is 0 Å². The van der Waals surface area contributed by atoms with E-state index in [9.17, 15) is 5.11 Å². The van der Waals surface area contributed by atoms with E-state index in [0.717, 1.165) is 44.3 Å². The van der Waals surface area contributed by atoms with Crippen LogP contribution < -0.4 is 4.74 Å². The topological polar surface area (TPSA) is 60.2 Å². The third-order valence-electron chi connectivity index (χ3n) is 8.36. The van der Waals surface area contributed by atoms with E-state index in [1.54, 1.807) is 12.3 Å². The minimum atomic E-state index is -0.227. The van der Waals surface area contributed by atoms with Crippen molar-refractivity contribution in [2.24, 2.45) is 0 Å². The van der Waals surface area contributed by atoms with Crippen molar-refractivity contribution < 1.29 is 30.9 Å². The van der Waals surface area contributed by atoms with Gasteiger partial charge in [-0.25, -0.2) is 4.98 Å². The molecule has 0 unspecified atom stereocenters. The van der Waals surface area contributed by atoms with Gasteiger partial charge in [0.1, 0.15) is 11.4 Å². The van der Waals surface area contributed by atoms with Gasteiger partial charge in [-0.15, -0.1) is 17.2 Å². The van der Waals surface area contributed by atoms with Crippen molar-refractivity contribution in [3.05, 3.63) is 108 Å². The van der Waals surface area contributed by atoms with Gasteiger partial charge in [0.2, 0.25) is 5.88 Å². The average molecular weight is 792 g/mol. The molecule has 5 nitrogen and oxygen atoms in total. The van der Waals surface area contributed by atoms with Gasteiger partial charge in [0.05, 0.1) is 11.2 Å². The van der Waals surface area contributed by atoms with Gasteiger partial charge in [0.15, 0.2) is 0 Å². The fourth-order valence-corrected chi connectivity index (χ4v) is 5.75. The van der Waals surface area contributed by atoms with E-state index >= 15 is 0 Å². The van der Waals surface area contributed by atoms with E-state index in [2.05, 4.69) is 108 Å². The van der Waals surface area contributed by atoms with Crippen LogP contribution in [0.5, 0.6) is 17.4 Å². The minimum Gasteiger partial charge on any atom is -0.506 e. The number of rotatable bonds is 4. The van der Waals surface area contributed by atoms with Crippen LogP contribution in [0.4, 0.5) is 0 Å². The van der Waals surface area contributed by atoms with E-state index in [-0.39, 0.29) is 43.1 Å². The molecule has 6 aromatic rings. The van der Waals surface area contributed by atoms with Crippen LogP contribution in [0, 0.1) is 6.07 Å². The van der Waals surface area contributed by atoms with Gasteiger partial charge in [-0.1, -0.05) is 110 Å². The van der Waals surface area contributed by atoms with E-state index in [4.69, 9.17) is 9.72 Å². The second-order valence-corrected chi connectivity index (χ2v) is 15.0.